The van der Waals surface area contributed by atoms with Crippen LogP contribution in [0.5, 0.6) is 0 Å². The van der Waals surface area contributed by atoms with E-state index in [0.29, 0.717) is 0 Å². The molecule has 1 atom stereocenters. The zero-order valence-electron chi connectivity index (χ0n) is 10.2. The summed E-state index contributed by atoms with van der Waals surface area (Å²) in [5, 5.41) is 3.33. The molecule has 1 saturated heterocycles. The lowest BCUT2D eigenvalue weighted by atomic mass is 10.1. The van der Waals surface area contributed by atoms with Gasteiger partial charge in [0.1, 0.15) is 0 Å². The molecule has 1 aromatic rings. The number of hydrogen-bond donors (Lipinski definition) is 1. The van der Waals surface area contributed by atoms with Crippen molar-refractivity contribution in [2.75, 3.05) is 18.5 Å². The second kappa shape index (κ2) is 5.77. The Morgan fingerprint density at radius 3 is 2.88 bits per heavy atom. The molecule has 4 heteroatoms. The second-order valence-electron chi connectivity index (χ2n) is 4.46. The number of aromatic nitrogens is 1. The lowest BCUT2D eigenvalue weighted by Crippen LogP contribution is -2.44. The van der Waals surface area contributed by atoms with E-state index in [-0.39, 0.29) is 11.9 Å². The average Bonchev–Trinajstić information content (AvgIpc) is 2.67. The molecule has 1 fully saturated rings. The topological polar surface area (TPSA) is 45.2 Å². The van der Waals surface area contributed by atoms with Crippen LogP contribution in [0.25, 0.3) is 0 Å². The zero-order chi connectivity index (χ0) is 12.1. The zero-order valence-corrected chi connectivity index (χ0v) is 10.2. The number of amides is 1. The minimum absolute atomic E-state index is 0.0318. The highest BCUT2D eigenvalue weighted by Gasteiger charge is 2.23. The fourth-order valence-corrected chi connectivity index (χ4v) is 2.17. The van der Waals surface area contributed by atoms with E-state index in [2.05, 4.69) is 10.3 Å². The Kier molecular flexibility index (Phi) is 4.09. The maximum absolute atomic E-state index is 12.3. The monoisotopic (exact) mass is 233 g/mol. The fraction of sp³-hybridized carbons (Fsp3) is 0.538. The van der Waals surface area contributed by atoms with Gasteiger partial charge in [-0.2, -0.15) is 0 Å². The smallest absolute Gasteiger partial charge is 0.243 e. The van der Waals surface area contributed by atoms with Gasteiger partial charge < -0.3 is 10.2 Å². The first-order valence-corrected chi connectivity index (χ1v) is 6.20. The van der Waals surface area contributed by atoms with Gasteiger partial charge in [-0.15, -0.1) is 0 Å². The molecule has 1 N–H and O–H groups in total. The Labute approximate surface area is 102 Å². The predicted molar refractivity (Wildman–Crippen MR) is 67.9 cm³/mol. The third-order valence-electron chi connectivity index (χ3n) is 3.24. The van der Waals surface area contributed by atoms with E-state index in [1.807, 2.05) is 19.2 Å². The molecule has 0 bridgehead atoms. The molecule has 0 saturated carbocycles. The van der Waals surface area contributed by atoms with Crippen molar-refractivity contribution in [3.63, 3.8) is 0 Å². The van der Waals surface area contributed by atoms with E-state index in [4.69, 9.17) is 0 Å². The predicted octanol–water partition coefficient (Wildman–Crippen LogP) is 1.58. The number of anilines is 1. The Morgan fingerprint density at radius 2 is 2.12 bits per heavy atom. The van der Waals surface area contributed by atoms with E-state index >= 15 is 0 Å². The summed E-state index contributed by atoms with van der Waals surface area (Å²) >= 11 is 0. The fourth-order valence-electron chi connectivity index (χ4n) is 2.17. The van der Waals surface area contributed by atoms with Gasteiger partial charge in [0, 0.05) is 25.1 Å². The summed E-state index contributed by atoms with van der Waals surface area (Å²) in [5.74, 6) is 0.151. The van der Waals surface area contributed by atoms with Gasteiger partial charge in [0.15, 0.2) is 0 Å². The van der Waals surface area contributed by atoms with Crippen LogP contribution in [-0.2, 0) is 4.79 Å². The highest BCUT2D eigenvalue weighted by atomic mass is 16.2. The first-order chi connectivity index (χ1) is 8.29. The summed E-state index contributed by atoms with van der Waals surface area (Å²) in [6, 6.07) is 3.68. The number of nitrogens with zero attached hydrogens (tertiary/aromatic N) is 2. The van der Waals surface area contributed by atoms with E-state index < -0.39 is 0 Å². The molecular formula is C13H19N3O. The first kappa shape index (κ1) is 12.0. The molecule has 0 aliphatic carbocycles. The third-order valence-corrected chi connectivity index (χ3v) is 3.24. The standard InChI is InChI=1S/C13H19N3O/c1-16(11-6-9-14-10-7-11)13(17)12-5-3-2-4-8-15-12/h6-7,9-10,12,15H,2-5,8H2,1H3. The second-order valence-corrected chi connectivity index (χ2v) is 4.46. The van der Waals surface area contributed by atoms with Gasteiger partial charge in [0.25, 0.3) is 0 Å². The highest BCUT2D eigenvalue weighted by Crippen LogP contribution is 2.15. The molecule has 1 aliphatic rings. The minimum atomic E-state index is -0.0318. The Morgan fingerprint density at radius 1 is 1.35 bits per heavy atom. The van der Waals surface area contributed by atoms with Gasteiger partial charge in [-0.1, -0.05) is 12.8 Å². The minimum Gasteiger partial charge on any atom is -0.314 e. The van der Waals surface area contributed by atoms with Gasteiger partial charge in [-0.25, -0.2) is 0 Å². The molecule has 4 nitrogen and oxygen atoms in total. The van der Waals surface area contributed by atoms with Gasteiger partial charge in [-0.05, 0) is 31.5 Å². The highest BCUT2D eigenvalue weighted by molar-refractivity contribution is 5.96. The van der Waals surface area contributed by atoms with E-state index in [1.54, 1.807) is 17.3 Å². The summed E-state index contributed by atoms with van der Waals surface area (Å²) in [6.07, 6.45) is 7.87. The summed E-state index contributed by atoms with van der Waals surface area (Å²) < 4.78 is 0. The molecule has 1 aliphatic heterocycles. The number of pyridine rings is 1. The van der Waals surface area contributed by atoms with Crippen LogP contribution < -0.4 is 10.2 Å². The van der Waals surface area contributed by atoms with Crippen LogP contribution in [0.3, 0.4) is 0 Å². The molecule has 0 radical (unpaired) electrons. The Hall–Kier alpha value is -1.42. The number of hydrogen-bond acceptors (Lipinski definition) is 3. The third kappa shape index (κ3) is 3.03. The quantitative estimate of drug-likeness (QED) is 0.843. The van der Waals surface area contributed by atoms with E-state index in [9.17, 15) is 4.79 Å². The van der Waals surface area contributed by atoms with Gasteiger partial charge in [0.05, 0.1) is 6.04 Å². The van der Waals surface area contributed by atoms with Crippen molar-refractivity contribution in [3.8, 4) is 0 Å². The van der Waals surface area contributed by atoms with Crippen LogP contribution in [0.2, 0.25) is 0 Å². The summed E-state index contributed by atoms with van der Waals surface area (Å²) in [5.41, 5.74) is 0.899. The maximum Gasteiger partial charge on any atom is 0.243 e. The molecule has 17 heavy (non-hydrogen) atoms. The van der Waals surface area contributed by atoms with Gasteiger partial charge in [-0.3, -0.25) is 9.78 Å². The van der Waals surface area contributed by atoms with Crippen molar-refractivity contribution in [3.05, 3.63) is 24.5 Å². The summed E-state index contributed by atoms with van der Waals surface area (Å²) in [4.78, 5) is 18.0. The van der Waals surface area contributed by atoms with Crippen molar-refractivity contribution in [1.29, 1.82) is 0 Å². The molecule has 0 aromatic carbocycles. The summed E-state index contributed by atoms with van der Waals surface area (Å²) in [7, 11) is 1.82. The molecule has 1 unspecified atom stereocenters. The molecule has 2 heterocycles. The summed E-state index contributed by atoms with van der Waals surface area (Å²) in [6.45, 7) is 0.945. The van der Waals surface area contributed by atoms with Crippen molar-refractivity contribution >= 4 is 11.6 Å². The molecular weight excluding hydrogens is 214 g/mol. The average molecular weight is 233 g/mol. The van der Waals surface area contributed by atoms with Crippen LogP contribution in [0.15, 0.2) is 24.5 Å². The Balaban J connectivity index is 2.03. The number of carbonyl (C=O) groups is 1. The molecule has 1 amide bonds. The SMILES string of the molecule is CN(C(=O)C1CCCCCN1)c1ccncc1. The van der Waals surface area contributed by atoms with Crippen LogP contribution in [0.1, 0.15) is 25.7 Å². The van der Waals surface area contributed by atoms with Crippen molar-refractivity contribution in [2.45, 2.75) is 31.7 Å². The van der Waals surface area contributed by atoms with Crippen LogP contribution in [0.4, 0.5) is 5.69 Å². The van der Waals surface area contributed by atoms with E-state index in [0.717, 1.165) is 25.1 Å². The molecule has 0 spiro atoms. The van der Waals surface area contributed by atoms with Gasteiger partial charge in [0.2, 0.25) is 5.91 Å². The number of likely N-dealkylation sites (N-methyl/N-ethyl adjacent to an activating group) is 1. The number of rotatable bonds is 2. The lowest BCUT2D eigenvalue weighted by molar-refractivity contribution is -0.120. The lowest BCUT2D eigenvalue weighted by Gasteiger charge is -2.23. The number of carbonyl (C=O) groups excluding carboxylic acids is 1. The van der Waals surface area contributed by atoms with Crippen molar-refractivity contribution < 1.29 is 4.79 Å². The number of nitrogens with one attached hydrogen (secondary N) is 1. The van der Waals surface area contributed by atoms with Crippen molar-refractivity contribution in [2.24, 2.45) is 0 Å². The van der Waals surface area contributed by atoms with Crippen LogP contribution >= 0.6 is 0 Å². The van der Waals surface area contributed by atoms with Crippen LogP contribution in [-0.4, -0.2) is 30.5 Å². The van der Waals surface area contributed by atoms with Crippen LogP contribution in [0, 0.1) is 0 Å². The maximum atomic E-state index is 12.3. The molecule has 1 aromatic heterocycles. The van der Waals surface area contributed by atoms with Gasteiger partial charge >= 0.3 is 0 Å². The van der Waals surface area contributed by atoms with E-state index in [1.165, 1.54) is 12.8 Å². The molecule has 2 rings (SSSR count). The Bertz CT molecular complexity index is 358. The first-order valence-electron chi connectivity index (χ1n) is 6.20. The molecule has 92 valence electrons. The normalized spacial score (nSPS) is 20.6. The largest absolute Gasteiger partial charge is 0.314 e. The van der Waals surface area contributed by atoms with Crippen molar-refractivity contribution in [1.82, 2.24) is 10.3 Å².